The van der Waals surface area contributed by atoms with Crippen LogP contribution < -0.4 is 24.8 Å². The molecule has 0 radical (unpaired) electrons. The topological polar surface area (TPSA) is 147 Å². The summed E-state index contributed by atoms with van der Waals surface area (Å²) in [5, 5.41) is 17.1. The molecule has 3 aromatic rings. The Balaban J connectivity index is 1.45. The quantitative estimate of drug-likeness (QED) is 0.348. The average Bonchev–Trinajstić information content (AvgIpc) is 3.67. The molecule has 1 aromatic heterocycles. The number of para-hydroxylation sites is 1. The molecule has 0 fully saturated rings. The number of thiophene rings is 1. The van der Waals surface area contributed by atoms with Crippen molar-refractivity contribution in [2.24, 2.45) is 5.92 Å². The first kappa shape index (κ1) is 29.6. The van der Waals surface area contributed by atoms with E-state index in [1.807, 2.05) is 6.92 Å². The van der Waals surface area contributed by atoms with E-state index in [4.69, 9.17) is 14.2 Å². The van der Waals surface area contributed by atoms with E-state index < -0.39 is 28.2 Å². The third kappa shape index (κ3) is 6.02. The summed E-state index contributed by atoms with van der Waals surface area (Å²) < 4.78 is 44.9. The smallest absolute Gasteiger partial charge is 0.323 e. The molecule has 14 heteroatoms. The van der Waals surface area contributed by atoms with E-state index in [2.05, 4.69) is 10.6 Å². The Hall–Kier alpha value is -3.85. The lowest BCUT2D eigenvalue weighted by atomic mass is 9.99. The van der Waals surface area contributed by atoms with Gasteiger partial charge >= 0.3 is 6.03 Å². The fourth-order valence-corrected chi connectivity index (χ4v) is 7.12. The number of ether oxygens (including phenoxy) is 3. The van der Waals surface area contributed by atoms with Gasteiger partial charge in [0.2, 0.25) is 6.79 Å². The van der Waals surface area contributed by atoms with Gasteiger partial charge in [-0.1, -0.05) is 19.1 Å². The minimum Gasteiger partial charge on any atom is -0.486 e. The van der Waals surface area contributed by atoms with Crippen LogP contribution in [0, 0.1) is 5.92 Å². The average molecular weight is 617 g/mol. The molecule has 3 amide bonds. The molecular weight excluding hydrogens is 584 g/mol. The first-order valence-corrected chi connectivity index (χ1v) is 15.6. The zero-order valence-electron chi connectivity index (χ0n) is 23.3. The number of likely N-dealkylation sites (N-methyl/N-ethyl adjacent to an activating group) is 1. The Labute approximate surface area is 247 Å². The highest BCUT2D eigenvalue weighted by Gasteiger charge is 2.36. The SMILES string of the molecule is C[C@H](CO)N1C[C@H](C)[C@H](CN(C)S(=O)(=O)c2cccs2)Oc2c(NC(=O)Nc3ccc4c(c3)OCO4)cccc2C1=O. The largest absolute Gasteiger partial charge is 0.486 e. The fourth-order valence-electron chi connectivity index (χ4n) is 4.73. The number of benzene rings is 2. The highest BCUT2D eigenvalue weighted by atomic mass is 32.2. The number of urea groups is 1. The van der Waals surface area contributed by atoms with Gasteiger partial charge in [0, 0.05) is 31.3 Å². The molecule has 0 unspecified atom stereocenters. The van der Waals surface area contributed by atoms with E-state index in [1.165, 1.54) is 11.4 Å². The fraction of sp³-hybridized carbons (Fsp3) is 0.357. The normalized spacial score (nSPS) is 19.0. The molecule has 3 N–H and O–H groups in total. The van der Waals surface area contributed by atoms with Crippen LogP contribution in [-0.4, -0.2) is 80.4 Å². The van der Waals surface area contributed by atoms with Gasteiger partial charge in [0.25, 0.3) is 15.9 Å². The second-order valence-corrected chi connectivity index (χ2v) is 13.4. The van der Waals surface area contributed by atoms with Crippen molar-refractivity contribution in [1.29, 1.82) is 0 Å². The number of fused-ring (bicyclic) bond motifs is 2. The first-order chi connectivity index (χ1) is 20.1. The van der Waals surface area contributed by atoms with E-state index >= 15 is 0 Å². The molecule has 0 aliphatic carbocycles. The third-order valence-electron chi connectivity index (χ3n) is 7.17. The third-order valence-corrected chi connectivity index (χ3v) is 10.4. The molecule has 3 atom stereocenters. The summed E-state index contributed by atoms with van der Waals surface area (Å²) in [5.41, 5.74) is 0.859. The number of amides is 3. The zero-order chi connectivity index (χ0) is 30.0. The Morgan fingerprint density at radius 3 is 2.69 bits per heavy atom. The van der Waals surface area contributed by atoms with Gasteiger partial charge in [-0.2, -0.15) is 4.31 Å². The summed E-state index contributed by atoms with van der Waals surface area (Å²) in [4.78, 5) is 28.3. The van der Waals surface area contributed by atoms with Crippen molar-refractivity contribution in [2.75, 3.05) is 44.2 Å². The molecule has 42 heavy (non-hydrogen) atoms. The molecule has 224 valence electrons. The van der Waals surface area contributed by atoms with Crippen LogP contribution in [0.2, 0.25) is 0 Å². The number of nitrogens with zero attached hydrogens (tertiary/aromatic N) is 2. The molecule has 0 saturated carbocycles. The highest BCUT2D eigenvalue weighted by molar-refractivity contribution is 7.91. The minimum atomic E-state index is -3.78. The summed E-state index contributed by atoms with van der Waals surface area (Å²) >= 11 is 1.12. The lowest BCUT2D eigenvalue weighted by Gasteiger charge is -2.38. The second-order valence-electron chi connectivity index (χ2n) is 10.2. The van der Waals surface area contributed by atoms with Crippen molar-refractivity contribution >= 4 is 44.7 Å². The van der Waals surface area contributed by atoms with Gasteiger partial charge in [0.1, 0.15) is 10.3 Å². The maximum atomic E-state index is 13.7. The molecule has 0 bridgehead atoms. The molecule has 3 heterocycles. The second kappa shape index (κ2) is 12.2. The predicted molar refractivity (Wildman–Crippen MR) is 157 cm³/mol. The number of anilines is 2. The number of rotatable bonds is 8. The summed E-state index contributed by atoms with van der Waals surface area (Å²) in [6.45, 7) is 3.63. The maximum absolute atomic E-state index is 13.7. The van der Waals surface area contributed by atoms with E-state index in [0.717, 1.165) is 11.3 Å². The van der Waals surface area contributed by atoms with E-state index in [1.54, 1.807) is 65.7 Å². The van der Waals surface area contributed by atoms with Crippen LogP contribution in [0.15, 0.2) is 58.1 Å². The molecule has 0 saturated heterocycles. The van der Waals surface area contributed by atoms with Crippen molar-refractivity contribution in [2.45, 2.75) is 30.2 Å². The van der Waals surface area contributed by atoms with E-state index in [0.29, 0.717) is 17.2 Å². The summed E-state index contributed by atoms with van der Waals surface area (Å²) in [6.07, 6.45) is -0.704. The van der Waals surface area contributed by atoms with Crippen LogP contribution in [0.1, 0.15) is 24.2 Å². The highest BCUT2D eigenvalue weighted by Crippen LogP contribution is 2.37. The first-order valence-electron chi connectivity index (χ1n) is 13.3. The lowest BCUT2D eigenvalue weighted by molar-refractivity contribution is 0.0389. The lowest BCUT2D eigenvalue weighted by Crippen LogP contribution is -2.50. The van der Waals surface area contributed by atoms with Crippen molar-refractivity contribution in [1.82, 2.24) is 9.21 Å². The van der Waals surface area contributed by atoms with Crippen molar-refractivity contribution in [3.8, 4) is 17.2 Å². The number of sulfonamides is 1. The number of aliphatic hydroxyl groups excluding tert-OH is 1. The van der Waals surface area contributed by atoms with Crippen molar-refractivity contribution < 1.29 is 37.3 Å². The number of carbonyl (C=O) groups is 2. The summed E-state index contributed by atoms with van der Waals surface area (Å²) in [6, 6.07) is 11.9. The van der Waals surface area contributed by atoms with Gasteiger partial charge in [-0.25, -0.2) is 13.2 Å². The van der Waals surface area contributed by atoms with Gasteiger partial charge in [-0.05, 0) is 42.6 Å². The number of carbonyl (C=O) groups excluding carboxylic acids is 2. The van der Waals surface area contributed by atoms with Gasteiger partial charge < -0.3 is 34.9 Å². The molecule has 0 spiro atoms. The number of hydrogen-bond acceptors (Lipinski definition) is 9. The van der Waals surface area contributed by atoms with Gasteiger partial charge in [-0.15, -0.1) is 11.3 Å². The van der Waals surface area contributed by atoms with Gasteiger partial charge in [0.05, 0.1) is 30.4 Å². The molecule has 2 aliphatic heterocycles. The molecule has 2 aromatic carbocycles. The van der Waals surface area contributed by atoms with Crippen molar-refractivity contribution in [3.63, 3.8) is 0 Å². The zero-order valence-corrected chi connectivity index (χ0v) is 24.9. The Kier molecular flexibility index (Phi) is 8.59. The Morgan fingerprint density at radius 2 is 1.95 bits per heavy atom. The Morgan fingerprint density at radius 1 is 1.17 bits per heavy atom. The van der Waals surface area contributed by atoms with Gasteiger partial charge in [-0.3, -0.25) is 4.79 Å². The van der Waals surface area contributed by atoms with E-state index in [-0.39, 0.29) is 59.5 Å². The number of hydrogen-bond donors (Lipinski definition) is 3. The minimum absolute atomic E-state index is 0.0197. The predicted octanol–water partition coefficient (Wildman–Crippen LogP) is 3.66. The van der Waals surface area contributed by atoms with E-state index in [9.17, 15) is 23.1 Å². The van der Waals surface area contributed by atoms with Crippen LogP contribution in [0.5, 0.6) is 17.2 Å². The van der Waals surface area contributed by atoms with Crippen LogP contribution in [0.25, 0.3) is 0 Å². The van der Waals surface area contributed by atoms with Crippen LogP contribution in [0.4, 0.5) is 16.2 Å². The molecule has 5 rings (SSSR count). The molecule has 12 nitrogen and oxygen atoms in total. The molecule has 2 aliphatic rings. The number of aliphatic hydroxyl groups is 1. The maximum Gasteiger partial charge on any atom is 0.323 e. The summed E-state index contributed by atoms with van der Waals surface area (Å²) in [5.74, 6) is 0.467. The Bertz CT molecular complexity index is 1560. The van der Waals surface area contributed by atoms with Crippen LogP contribution in [-0.2, 0) is 10.0 Å². The van der Waals surface area contributed by atoms with Gasteiger partial charge in [0.15, 0.2) is 17.2 Å². The van der Waals surface area contributed by atoms with Crippen LogP contribution in [0.3, 0.4) is 0 Å². The van der Waals surface area contributed by atoms with Crippen molar-refractivity contribution in [3.05, 3.63) is 59.5 Å². The monoisotopic (exact) mass is 616 g/mol. The van der Waals surface area contributed by atoms with Crippen LogP contribution >= 0.6 is 11.3 Å². The standard InChI is InChI=1S/C28H32N4O8S2/c1-17-13-32(18(2)15-33)27(34)20-6-4-7-21(30-28(35)29-19-9-10-22-23(12-19)39-16-38-22)26(20)40-24(17)14-31(3)42(36,37)25-8-5-11-41-25/h4-12,17-18,24,33H,13-16H2,1-3H3,(H2,29,30,35)/t17-,18+,24-/m0/s1. The molecular formula is C28H32N4O8S2. The number of nitrogens with one attached hydrogen (secondary N) is 2. The summed E-state index contributed by atoms with van der Waals surface area (Å²) in [7, 11) is -2.30.